The van der Waals surface area contributed by atoms with Crippen LogP contribution in [-0.2, 0) is 52.3 Å². The molecule has 0 saturated heterocycles. The summed E-state index contributed by atoms with van der Waals surface area (Å²) in [6, 6.07) is 42.9. The number of hydrogen-bond acceptors (Lipinski definition) is 0. The standard InChI is InChI=1S/C21H25.C21H26.C5H5.2ClH.Zr/c1-20(2,3)16-7-9-18-14(12-16)11-15-13-17(21(4,5)6)8-10-19(15)18;1-20(2,3)18-13-9-7-11-16(18)15-17-12-8-10-14-19(17)21(4,5)6;1-2-4-5-3-1;;;/h7-10,12H,11H2,1-6H3;7-14H,1-6H3;1-5H;2*1H;/q-1;;-1;;;+2/p-2. The second kappa shape index (κ2) is 17.4. The molecule has 1 aliphatic carbocycles. The van der Waals surface area contributed by atoms with Gasteiger partial charge in [0.05, 0.1) is 0 Å². The fourth-order valence-electron chi connectivity index (χ4n) is 6.20. The average molecular weight is 783 g/mol. The van der Waals surface area contributed by atoms with Crippen molar-refractivity contribution in [2.45, 2.75) is 111 Å². The zero-order valence-corrected chi connectivity index (χ0v) is 36.3. The normalized spacial score (nSPS) is 12.1. The van der Waals surface area contributed by atoms with Gasteiger partial charge < -0.3 is 24.8 Å². The first-order valence-corrected chi connectivity index (χ1v) is 18.7. The van der Waals surface area contributed by atoms with Gasteiger partial charge in [-0.25, -0.2) is 12.1 Å². The zero-order valence-electron chi connectivity index (χ0n) is 32.4. The molecule has 0 saturated carbocycles. The third kappa shape index (κ3) is 11.0. The van der Waals surface area contributed by atoms with Gasteiger partial charge in [-0.1, -0.05) is 65.3 Å². The quantitative estimate of drug-likeness (QED) is 0.177. The van der Waals surface area contributed by atoms with E-state index in [1.165, 1.54) is 83.1 Å². The van der Waals surface area contributed by atoms with Crippen LogP contribution in [0.2, 0.25) is 0 Å². The van der Waals surface area contributed by atoms with Crippen molar-refractivity contribution in [1.82, 2.24) is 0 Å². The maximum absolute atomic E-state index is 3.67. The SMILES string of the molecule is CC(C)(C)c1[c-]c2c(cc1)-c1ccc(C(C)(C)C)cc1C2.CC(C)(C)c1ccccc1[C](=[Zr+2])c1ccccc1C(C)(C)C.[Cl-].[Cl-].c1cc[cH-]c1. The minimum absolute atomic E-state index is 0. The number of benzene rings is 4. The molecule has 0 unspecified atom stereocenters. The Balaban J connectivity index is 0.000000293. The predicted octanol–water partition coefficient (Wildman–Crippen LogP) is 6.46. The second-order valence-corrected chi connectivity index (χ2v) is 18.5. The number of fused-ring (bicyclic) bond motifs is 3. The van der Waals surface area contributed by atoms with E-state index in [1.54, 1.807) is 0 Å². The molecule has 0 bridgehead atoms. The zero-order chi connectivity index (χ0) is 35.5. The van der Waals surface area contributed by atoms with Crippen LogP contribution in [0, 0.1) is 6.07 Å². The molecule has 1 aliphatic rings. The molecule has 6 rings (SSSR count). The van der Waals surface area contributed by atoms with Crippen molar-refractivity contribution in [3.63, 3.8) is 0 Å². The van der Waals surface area contributed by atoms with Crippen LogP contribution in [0.15, 0.2) is 109 Å². The molecule has 0 spiro atoms. The van der Waals surface area contributed by atoms with Gasteiger partial charge >= 0.3 is 151 Å². The van der Waals surface area contributed by atoms with Crippen molar-refractivity contribution in [3.8, 4) is 11.1 Å². The van der Waals surface area contributed by atoms with Gasteiger partial charge in [0, 0.05) is 0 Å². The Morgan fingerprint density at radius 1 is 0.560 bits per heavy atom. The van der Waals surface area contributed by atoms with Gasteiger partial charge in [-0.05, 0) is 28.4 Å². The molecule has 0 aliphatic heterocycles. The molecule has 50 heavy (non-hydrogen) atoms. The maximum atomic E-state index is 3.67. The molecule has 5 aromatic carbocycles. The fraction of sp³-hybridized carbons (Fsp3) is 0.362. The molecule has 0 N–H and O–H groups in total. The summed E-state index contributed by atoms with van der Waals surface area (Å²) in [5.41, 5.74) is 14.7. The van der Waals surface area contributed by atoms with Crippen molar-refractivity contribution in [2.24, 2.45) is 0 Å². The predicted molar refractivity (Wildman–Crippen MR) is 206 cm³/mol. The van der Waals surface area contributed by atoms with Crippen LogP contribution < -0.4 is 24.8 Å². The van der Waals surface area contributed by atoms with E-state index in [-0.39, 0.29) is 46.5 Å². The number of hydrogen-bond donors (Lipinski definition) is 0. The van der Waals surface area contributed by atoms with Crippen LogP contribution in [0.25, 0.3) is 11.1 Å². The summed E-state index contributed by atoms with van der Waals surface area (Å²) in [6.07, 6.45) is 1.03. The summed E-state index contributed by atoms with van der Waals surface area (Å²) in [5, 5.41) is 0. The van der Waals surface area contributed by atoms with E-state index < -0.39 is 0 Å². The second-order valence-electron chi connectivity index (χ2n) is 17.2. The van der Waals surface area contributed by atoms with Gasteiger partial charge in [0.2, 0.25) is 0 Å². The molecule has 264 valence electrons. The van der Waals surface area contributed by atoms with Crippen molar-refractivity contribution < 1.29 is 49.0 Å². The molecule has 3 heteroatoms. The molecular weight excluding hydrogens is 727 g/mol. The first-order valence-electron chi connectivity index (χ1n) is 17.4. The van der Waals surface area contributed by atoms with Crippen LogP contribution in [0.5, 0.6) is 0 Å². The molecule has 0 amide bonds. The van der Waals surface area contributed by atoms with Gasteiger partial charge in [-0.2, -0.15) is 42.0 Å². The van der Waals surface area contributed by atoms with Crippen LogP contribution in [0.3, 0.4) is 0 Å². The summed E-state index contributed by atoms with van der Waals surface area (Å²) in [5.74, 6) is 0. The molecule has 0 radical (unpaired) electrons. The van der Waals surface area contributed by atoms with Crippen LogP contribution in [-0.4, -0.2) is 3.21 Å². The van der Waals surface area contributed by atoms with Gasteiger partial charge in [0.15, 0.2) is 0 Å². The van der Waals surface area contributed by atoms with Crippen molar-refractivity contribution in [3.05, 3.63) is 160 Å². The van der Waals surface area contributed by atoms with Gasteiger partial charge in [0.25, 0.3) is 0 Å². The largest absolute Gasteiger partial charge is 1.00 e. The monoisotopic (exact) mass is 780 g/mol. The molecule has 0 nitrogen and oxygen atoms in total. The van der Waals surface area contributed by atoms with Gasteiger partial charge in [0.1, 0.15) is 0 Å². The molecular formula is C47H56Cl2Zr-2. The van der Waals surface area contributed by atoms with E-state index in [0.717, 1.165) is 6.42 Å². The summed E-state index contributed by atoms with van der Waals surface area (Å²) in [7, 11) is 0. The van der Waals surface area contributed by atoms with E-state index in [1.807, 2.05) is 30.3 Å². The fourth-order valence-corrected chi connectivity index (χ4v) is 7.28. The van der Waals surface area contributed by atoms with E-state index >= 15 is 0 Å². The number of rotatable bonds is 2. The van der Waals surface area contributed by atoms with Crippen molar-refractivity contribution in [1.29, 1.82) is 0 Å². The van der Waals surface area contributed by atoms with Crippen LogP contribution >= 0.6 is 0 Å². The van der Waals surface area contributed by atoms with E-state index in [9.17, 15) is 0 Å². The van der Waals surface area contributed by atoms with Crippen LogP contribution in [0.4, 0.5) is 0 Å². The third-order valence-electron chi connectivity index (χ3n) is 9.03. The van der Waals surface area contributed by atoms with Gasteiger partial charge in [-0.3, -0.25) is 0 Å². The molecule has 0 fully saturated rings. The summed E-state index contributed by atoms with van der Waals surface area (Å²) in [6.45, 7) is 27.4. The minimum atomic E-state index is 0. The Morgan fingerprint density at radius 2 is 1.04 bits per heavy atom. The Labute approximate surface area is 332 Å². The molecule has 0 heterocycles. The maximum Gasteiger partial charge on any atom is -0.172 e. The van der Waals surface area contributed by atoms with E-state index in [2.05, 4.69) is 168 Å². The molecule has 5 aromatic rings. The Kier molecular flexibility index (Phi) is 15.2. The first kappa shape index (κ1) is 43.7. The Hall–Kier alpha value is -2.44. The average Bonchev–Trinajstić information content (AvgIpc) is 3.71. The summed E-state index contributed by atoms with van der Waals surface area (Å²) >= 11 is 1.47. The Morgan fingerprint density at radius 3 is 1.46 bits per heavy atom. The smallest absolute Gasteiger partial charge is 0.172 e. The third-order valence-corrected chi connectivity index (χ3v) is 10.4. The first-order chi connectivity index (χ1) is 22.3. The number of halogens is 2. The van der Waals surface area contributed by atoms with Crippen LogP contribution in [0.1, 0.15) is 128 Å². The summed E-state index contributed by atoms with van der Waals surface area (Å²) in [4.78, 5) is 0. The van der Waals surface area contributed by atoms with Gasteiger partial charge in [-0.15, -0.1) is 11.1 Å². The summed E-state index contributed by atoms with van der Waals surface area (Å²) < 4.78 is 1.46. The van der Waals surface area contributed by atoms with E-state index in [0.29, 0.717) is 0 Å². The van der Waals surface area contributed by atoms with Crippen molar-refractivity contribution >= 4 is 3.21 Å². The Bertz CT molecular complexity index is 1690. The molecule has 0 atom stereocenters. The van der Waals surface area contributed by atoms with E-state index in [4.69, 9.17) is 0 Å². The minimum Gasteiger partial charge on any atom is -1.00 e. The topological polar surface area (TPSA) is 0 Å². The molecule has 0 aromatic heterocycles. The van der Waals surface area contributed by atoms with Crippen molar-refractivity contribution in [2.75, 3.05) is 0 Å².